The molecule has 0 radical (unpaired) electrons. The number of carbonyl (C=O) groups excluding carboxylic acids is 2. The van der Waals surface area contributed by atoms with E-state index in [0.29, 0.717) is 16.9 Å². The van der Waals surface area contributed by atoms with Gasteiger partial charge >= 0.3 is 0 Å². The van der Waals surface area contributed by atoms with Gasteiger partial charge in [-0.05, 0) is 30.3 Å². The summed E-state index contributed by atoms with van der Waals surface area (Å²) in [6, 6.07) is 18.1. The first-order chi connectivity index (χ1) is 13.1. The predicted molar refractivity (Wildman–Crippen MR) is 104 cm³/mol. The van der Waals surface area contributed by atoms with Crippen LogP contribution in [-0.4, -0.2) is 23.3 Å². The maximum atomic E-state index is 12.3. The van der Waals surface area contributed by atoms with Crippen LogP contribution in [0.4, 0.5) is 11.4 Å². The molecule has 0 bridgehead atoms. The minimum atomic E-state index is -0.232. The maximum Gasteiger partial charge on any atom is 0.226 e. The van der Waals surface area contributed by atoms with Gasteiger partial charge in [-0.2, -0.15) is 5.26 Å². The number of pyridine rings is 1. The summed E-state index contributed by atoms with van der Waals surface area (Å²) in [5, 5.41) is 12.6. The molecule has 0 saturated heterocycles. The van der Waals surface area contributed by atoms with E-state index < -0.39 is 0 Å². The third-order valence-electron chi connectivity index (χ3n) is 4.12. The molecule has 0 aliphatic carbocycles. The van der Waals surface area contributed by atoms with E-state index in [1.54, 1.807) is 35.4 Å². The van der Waals surface area contributed by atoms with E-state index in [2.05, 4.69) is 10.3 Å². The molecule has 27 heavy (non-hydrogen) atoms. The molecule has 2 aromatic carbocycles. The number of rotatable bonds is 5. The third kappa shape index (κ3) is 4.28. The quantitative estimate of drug-likeness (QED) is 0.756. The number of nitriles is 1. The Balaban J connectivity index is 1.74. The van der Waals surface area contributed by atoms with Gasteiger partial charge < -0.3 is 10.2 Å². The summed E-state index contributed by atoms with van der Waals surface area (Å²) in [7, 11) is 0. The third-order valence-corrected chi connectivity index (χ3v) is 4.12. The Morgan fingerprint density at radius 2 is 1.93 bits per heavy atom. The highest BCUT2D eigenvalue weighted by molar-refractivity contribution is 6.01. The molecule has 0 aliphatic heterocycles. The van der Waals surface area contributed by atoms with Gasteiger partial charge in [-0.15, -0.1) is 0 Å². The van der Waals surface area contributed by atoms with Crippen LogP contribution in [0, 0.1) is 11.3 Å². The highest BCUT2D eigenvalue weighted by Gasteiger charge is 2.16. The molecule has 0 aliphatic rings. The van der Waals surface area contributed by atoms with Gasteiger partial charge in [0.25, 0.3) is 0 Å². The molecule has 3 rings (SSSR count). The Morgan fingerprint density at radius 1 is 1.15 bits per heavy atom. The fourth-order valence-electron chi connectivity index (χ4n) is 2.86. The van der Waals surface area contributed by atoms with Crippen LogP contribution in [0.5, 0.6) is 0 Å². The number of benzene rings is 2. The van der Waals surface area contributed by atoms with Gasteiger partial charge in [0.1, 0.15) is 0 Å². The highest BCUT2D eigenvalue weighted by Crippen LogP contribution is 2.25. The zero-order valence-corrected chi connectivity index (χ0v) is 14.8. The standard InChI is InChI=1S/C21H18N4O2/c1-15(26)25(19-9-3-6-17-7-4-11-23-21(17)19)12-10-20(27)24-18-8-2-5-16(13-18)14-22/h2-9,11,13H,10,12H2,1H3,(H,24,27). The van der Waals surface area contributed by atoms with Crippen molar-refractivity contribution < 1.29 is 9.59 Å². The number of aromatic nitrogens is 1. The second kappa shape index (κ2) is 8.11. The first kappa shape index (κ1) is 18.1. The topological polar surface area (TPSA) is 86.1 Å². The lowest BCUT2D eigenvalue weighted by molar-refractivity contribution is -0.117. The number of nitrogens with zero attached hydrogens (tertiary/aromatic N) is 3. The van der Waals surface area contributed by atoms with Crippen LogP contribution in [0.15, 0.2) is 60.8 Å². The van der Waals surface area contributed by atoms with Crippen molar-refractivity contribution in [2.24, 2.45) is 0 Å². The van der Waals surface area contributed by atoms with Crippen LogP contribution in [0.1, 0.15) is 18.9 Å². The second-order valence-corrected chi connectivity index (χ2v) is 6.01. The molecule has 134 valence electrons. The molecule has 1 heterocycles. The monoisotopic (exact) mass is 358 g/mol. The second-order valence-electron chi connectivity index (χ2n) is 6.01. The molecule has 0 fully saturated rings. The Kier molecular flexibility index (Phi) is 5.43. The molecule has 1 N–H and O–H groups in total. The van der Waals surface area contributed by atoms with E-state index in [-0.39, 0.29) is 24.8 Å². The van der Waals surface area contributed by atoms with E-state index in [1.807, 2.05) is 36.4 Å². The summed E-state index contributed by atoms with van der Waals surface area (Å²) in [6.45, 7) is 1.70. The number of hydrogen-bond donors (Lipinski definition) is 1. The van der Waals surface area contributed by atoms with Crippen molar-refractivity contribution in [1.29, 1.82) is 5.26 Å². The highest BCUT2D eigenvalue weighted by atomic mass is 16.2. The molecule has 6 heteroatoms. The summed E-state index contributed by atoms with van der Waals surface area (Å²) in [5.41, 5.74) is 2.43. The fourth-order valence-corrected chi connectivity index (χ4v) is 2.86. The number of carbonyl (C=O) groups is 2. The summed E-state index contributed by atoms with van der Waals surface area (Å²) in [5.74, 6) is -0.392. The van der Waals surface area contributed by atoms with Gasteiger partial charge in [-0.25, -0.2) is 0 Å². The summed E-state index contributed by atoms with van der Waals surface area (Å²) in [4.78, 5) is 30.4. The average Bonchev–Trinajstić information content (AvgIpc) is 2.68. The van der Waals surface area contributed by atoms with Crippen LogP contribution in [-0.2, 0) is 9.59 Å². The smallest absolute Gasteiger partial charge is 0.226 e. The van der Waals surface area contributed by atoms with Crippen LogP contribution in [0.25, 0.3) is 10.9 Å². The van der Waals surface area contributed by atoms with Gasteiger partial charge in [0.2, 0.25) is 11.8 Å². The largest absolute Gasteiger partial charge is 0.326 e. The number of fused-ring (bicyclic) bond motifs is 1. The van der Waals surface area contributed by atoms with Gasteiger partial charge in [0.05, 0.1) is 22.8 Å². The average molecular weight is 358 g/mol. The van der Waals surface area contributed by atoms with E-state index in [1.165, 1.54) is 6.92 Å². The first-order valence-corrected chi connectivity index (χ1v) is 8.50. The molecule has 1 aromatic heterocycles. The van der Waals surface area contributed by atoms with Crippen LogP contribution in [0.2, 0.25) is 0 Å². The number of anilines is 2. The van der Waals surface area contributed by atoms with E-state index in [9.17, 15) is 9.59 Å². The van der Waals surface area contributed by atoms with E-state index >= 15 is 0 Å². The Morgan fingerprint density at radius 3 is 2.70 bits per heavy atom. The Bertz CT molecular complexity index is 1030. The lowest BCUT2D eigenvalue weighted by Crippen LogP contribution is -2.32. The molecule has 0 atom stereocenters. The Hall–Kier alpha value is -3.72. The van der Waals surface area contributed by atoms with Crippen molar-refractivity contribution in [2.45, 2.75) is 13.3 Å². The minimum absolute atomic E-state index is 0.125. The SMILES string of the molecule is CC(=O)N(CCC(=O)Nc1cccc(C#N)c1)c1cccc2cccnc12. The van der Waals surface area contributed by atoms with Crippen LogP contribution < -0.4 is 10.2 Å². The molecule has 0 spiro atoms. The van der Waals surface area contributed by atoms with Crippen LogP contribution in [0.3, 0.4) is 0 Å². The van der Waals surface area contributed by atoms with Crippen molar-refractivity contribution >= 4 is 34.1 Å². The van der Waals surface area contributed by atoms with Crippen molar-refractivity contribution in [2.75, 3.05) is 16.8 Å². The van der Waals surface area contributed by atoms with Crippen LogP contribution >= 0.6 is 0 Å². The van der Waals surface area contributed by atoms with Crippen molar-refractivity contribution in [3.05, 3.63) is 66.4 Å². The summed E-state index contributed by atoms with van der Waals surface area (Å²) >= 11 is 0. The first-order valence-electron chi connectivity index (χ1n) is 8.50. The van der Waals surface area contributed by atoms with Crippen molar-refractivity contribution in [3.8, 4) is 6.07 Å². The molecular formula is C21H18N4O2. The van der Waals surface area contributed by atoms with Gasteiger partial charge in [0.15, 0.2) is 0 Å². The predicted octanol–water partition coefficient (Wildman–Crippen LogP) is 3.49. The number of nitrogens with one attached hydrogen (secondary N) is 1. The maximum absolute atomic E-state index is 12.3. The molecule has 0 unspecified atom stereocenters. The number of hydrogen-bond acceptors (Lipinski definition) is 4. The summed E-state index contributed by atoms with van der Waals surface area (Å²) in [6.07, 6.45) is 1.80. The molecule has 0 saturated carbocycles. The lowest BCUT2D eigenvalue weighted by Gasteiger charge is -2.22. The normalized spacial score (nSPS) is 10.2. The van der Waals surface area contributed by atoms with E-state index in [0.717, 1.165) is 10.9 Å². The van der Waals surface area contributed by atoms with E-state index in [4.69, 9.17) is 5.26 Å². The molecule has 3 aromatic rings. The van der Waals surface area contributed by atoms with Crippen molar-refractivity contribution in [3.63, 3.8) is 0 Å². The zero-order valence-electron chi connectivity index (χ0n) is 14.8. The molecule has 6 nitrogen and oxygen atoms in total. The lowest BCUT2D eigenvalue weighted by atomic mass is 10.1. The van der Waals surface area contributed by atoms with Gasteiger partial charge in [-0.1, -0.05) is 24.3 Å². The van der Waals surface area contributed by atoms with Crippen molar-refractivity contribution in [1.82, 2.24) is 4.98 Å². The number of amides is 2. The molecule has 2 amide bonds. The fraction of sp³-hybridized carbons (Fsp3) is 0.143. The van der Waals surface area contributed by atoms with Gasteiger partial charge in [-0.3, -0.25) is 14.6 Å². The van der Waals surface area contributed by atoms with Gasteiger partial charge in [0, 0.05) is 37.2 Å². The Labute approximate surface area is 157 Å². The molecular weight excluding hydrogens is 340 g/mol. The summed E-state index contributed by atoms with van der Waals surface area (Å²) < 4.78 is 0. The minimum Gasteiger partial charge on any atom is -0.326 e. The number of para-hydroxylation sites is 1. The zero-order chi connectivity index (χ0) is 19.2.